The molecule has 0 atom stereocenters. The molecule has 3 nitrogen and oxygen atoms in total. The molecule has 0 radical (unpaired) electrons. The molecule has 79 heavy (non-hydrogen) atoms. The maximum atomic E-state index is 10.4. The number of thiophene rings is 6. The van der Waals surface area contributed by atoms with Crippen molar-refractivity contribution in [3.63, 3.8) is 0 Å². The highest BCUT2D eigenvalue weighted by Crippen LogP contribution is 2.30. The molecule has 12 aromatic rings. The quantitative estimate of drug-likeness (QED) is 0.121. The Balaban J connectivity index is 0.000000456. The third kappa shape index (κ3) is 21.5. The second-order valence-electron chi connectivity index (χ2n) is 16.8. The molecular weight excluding hydrogens is 1080 g/mol. The van der Waals surface area contributed by atoms with E-state index in [-0.39, 0.29) is 10.6 Å². The number of benzene rings is 6. The van der Waals surface area contributed by atoms with Gasteiger partial charge in [-0.05, 0) is 245 Å². The summed E-state index contributed by atoms with van der Waals surface area (Å²) >= 11 is 10.7. The molecule has 0 unspecified atom stereocenters. The minimum atomic E-state index is -0.378. The van der Waals surface area contributed by atoms with E-state index >= 15 is 0 Å². The molecule has 0 spiro atoms. The van der Waals surface area contributed by atoms with Crippen LogP contribution in [0.4, 0.5) is 5.69 Å². The van der Waals surface area contributed by atoms with Gasteiger partial charge in [0, 0.05) is 40.3 Å². The number of nitro groups is 1. The van der Waals surface area contributed by atoms with E-state index in [0.29, 0.717) is 0 Å². The zero-order valence-electron chi connectivity index (χ0n) is 51.6. The van der Waals surface area contributed by atoms with Gasteiger partial charge in [-0.1, -0.05) is 131 Å². The van der Waals surface area contributed by atoms with Crippen molar-refractivity contribution in [3.05, 3.63) is 213 Å². The van der Waals surface area contributed by atoms with Gasteiger partial charge in [-0.25, -0.2) is 0 Å². The van der Waals surface area contributed by atoms with Crippen molar-refractivity contribution in [1.82, 2.24) is 0 Å². The van der Waals surface area contributed by atoms with E-state index in [1.807, 2.05) is 151 Å². The van der Waals surface area contributed by atoms with Crippen molar-refractivity contribution < 1.29 is 4.92 Å². The molecule has 6 aromatic carbocycles. The summed E-state index contributed by atoms with van der Waals surface area (Å²) in [5.41, 5.74) is 14.1. The molecule has 0 amide bonds. The monoisotopic (exact) mass is 1170 g/mol. The Bertz CT molecular complexity index is 3400. The topological polar surface area (TPSA) is 43.1 Å². The molecule has 0 bridgehead atoms. The van der Waals surface area contributed by atoms with Crippen LogP contribution in [0.25, 0.3) is 60.5 Å². The van der Waals surface area contributed by atoms with E-state index in [2.05, 4.69) is 187 Å². The number of non-ortho nitro benzene ring substituents is 1. The van der Waals surface area contributed by atoms with Gasteiger partial charge in [0.2, 0.25) is 0 Å². The fourth-order valence-electron chi connectivity index (χ4n) is 7.74. The van der Waals surface area contributed by atoms with Gasteiger partial charge in [0.05, 0.1) is 4.92 Å². The Labute approximate surface area is 500 Å². The molecule has 12 rings (SSSR count). The highest BCUT2D eigenvalue weighted by atomic mass is 32.1. The molecule has 0 fully saturated rings. The molecule has 6 heterocycles. The predicted molar refractivity (Wildman–Crippen MR) is 373 cm³/mol. The van der Waals surface area contributed by atoms with Gasteiger partial charge >= 0.3 is 0 Å². The maximum absolute atomic E-state index is 10.4. The van der Waals surface area contributed by atoms with Crippen LogP contribution in [0.1, 0.15) is 139 Å². The third-order valence-electron chi connectivity index (χ3n) is 11.8. The standard InChI is InChI=1S/5C10H10S.C8H5NO2S.6C2H6/c1-7-5-9-3-4-11-10(9)6-8(7)2;1-7-5-8(2)9-3-4-11-10(9)6-7;1-7-5-8(2)10-9(6-7)3-4-11-10;1-7-3-4-10-9(8(7)2)5-6-11-10;1-7-3-4-9-5-6-11-10(9)8(7)2;10-9(11)7-1-2-8-6(5-7)3-4-12-8;6*1-2/h5*3-6H,1-2H3;1-5H;6*1-2H3. The van der Waals surface area contributed by atoms with E-state index in [4.69, 9.17) is 0 Å². The normalized spacial score (nSPS) is 9.49. The molecule has 0 aliphatic carbocycles. The summed E-state index contributed by atoms with van der Waals surface area (Å²) in [5, 5.41) is 30.9. The smallest absolute Gasteiger partial charge is 0.258 e. The highest BCUT2D eigenvalue weighted by Gasteiger charge is 2.06. The van der Waals surface area contributed by atoms with Crippen LogP contribution in [0.5, 0.6) is 0 Å². The largest absolute Gasteiger partial charge is 0.270 e. The molecule has 424 valence electrons. The van der Waals surface area contributed by atoms with Crippen LogP contribution in [-0.2, 0) is 0 Å². The van der Waals surface area contributed by atoms with E-state index in [1.165, 1.54) is 112 Å². The SMILES string of the molecule is CC.CC.CC.CC.CC.CC.Cc1cc(C)c2ccsc2c1.Cc1cc(C)c2sccc2c1.Cc1cc2ccsc2cc1C.Cc1ccc2ccsc2c1C.Cc1ccc2sccc2c1C.O=[N+]([O-])c1ccc2sccc2c1. The van der Waals surface area contributed by atoms with Crippen molar-refractivity contribution in [3.8, 4) is 0 Å². The lowest BCUT2D eigenvalue weighted by atomic mass is 10.1. The van der Waals surface area contributed by atoms with Crippen LogP contribution >= 0.6 is 68.0 Å². The van der Waals surface area contributed by atoms with E-state index in [1.54, 1.807) is 23.5 Å². The van der Waals surface area contributed by atoms with Crippen LogP contribution in [0.2, 0.25) is 0 Å². The van der Waals surface area contributed by atoms with Crippen LogP contribution in [0, 0.1) is 79.4 Å². The van der Waals surface area contributed by atoms with Crippen LogP contribution in [0.15, 0.2) is 148 Å². The zero-order chi connectivity index (χ0) is 59.8. The summed E-state index contributed by atoms with van der Waals surface area (Å²) in [4.78, 5) is 10.00. The third-order valence-corrected chi connectivity index (χ3v) is 17.5. The zero-order valence-corrected chi connectivity index (χ0v) is 56.5. The number of rotatable bonds is 1. The maximum Gasteiger partial charge on any atom is 0.270 e. The molecule has 0 N–H and O–H groups in total. The minimum absolute atomic E-state index is 0.154. The lowest BCUT2D eigenvalue weighted by Crippen LogP contribution is -1.85. The van der Waals surface area contributed by atoms with Gasteiger partial charge < -0.3 is 0 Å². The van der Waals surface area contributed by atoms with E-state index in [0.717, 1.165) is 10.1 Å². The molecular formula is C70H91NO2S6. The average Bonchev–Trinajstić information content (AvgIpc) is 4.36. The highest BCUT2D eigenvalue weighted by molar-refractivity contribution is 7.18. The molecule has 6 aromatic heterocycles. The van der Waals surface area contributed by atoms with Crippen molar-refractivity contribution in [2.24, 2.45) is 0 Å². The number of nitro benzene ring substituents is 1. The summed E-state index contributed by atoms with van der Waals surface area (Å²) < 4.78 is 8.14. The van der Waals surface area contributed by atoms with Gasteiger partial charge in [-0.2, -0.15) is 0 Å². The number of nitrogens with zero attached hydrogens (tertiary/aromatic N) is 1. The van der Waals surface area contributed by atoms with Crippen molar-refractivity contribution in [1.29, 1.82) is 0 Å². The van der Waals surface area contributed by atoms with Gasteiger partial charge in [-0.15, -0.1) is 68.0 Å². The lowest BCUT2D eigenvalue weighted by molar-refractivity contribution is -0.384. The summed E-state index contributed by atoms with van der Waals surface area (Å²) in [7, 11) is 0. The van der Waals surface area contributed by atoms with E-state index in [9.17, 15) is 10.1 Å². The lowest BCUT2D eigenvalue weighted by Gasteiger charge is -1.99. The minimum Gasteiger partial charge on any atom is -0.258 e. The summed E-state index contributed by atoms with van der Waals surface area (Å²) in [6.45, 7) is 45.6. The first kappa shape index (κ1) is 71.5. The van der Waals surface area contributed by atoms with Crippen molar-refractivity contribution >= 4 is 134 Å². The molecule has 0 aliphatic rings. The first-order chi connectivity index (χ1) is 38.2. The second-order valence-corrected chi connectivity index (χ2v) is 22.4. The Morgan fingerprint density at radius 2 is 0.747 bits per heavy atom. The fraction of sp³-hybridized carbons (Fsp3) is 0.314. The number of aryl methyl sites for hydroxylation is 10. The fourth-order valence-corrected chi connectivity index (χ4v) is 13.0. The Hall–Kier alpha value is -5.52. The first-order valence-electron chi connectivity index (χ1n) is 28.0. The predicted octanol–water partition coefficient (Wildman–Crippen LogP) is 26.6. The van der Waals surface area contributed by atoms with Crippen molar-refractivity contribution in [2.75, 3.05) is 0 Å². The second kappa shape index (κ2) is 39.0. The van der Waals surface area contributed by atoms with Gasteiger partial charge in [0.15, 0.2) is 0 Å². The van der Waals surface area contributed by atoms with Gasteiger partial charge in [0.25, 0.3) is 5.69 Å². The van der Waals surface area contributed by atoms with Crippen molar-refractivity contribution in [2.45, 2.75) is 152 Å². The molecule has 0 aliphatic heterocycles. The Kier molecular flexibility index (Phi) is 35.3. The number of fused-ring (bicyclic) bond motifs is 6. The van der Waals surface area contributed by atoms with Crippen LogP contribution in [-0.4, -0.2) is 4.92 Å². The average molecular weight is 1170 g/mol. The Morgan fingerprint density at radius 1 is 0.304 bits per heavy atom. The number of hydrogen-bond acceptors (Lipinski definition) is 8. The van der Waals surface area contributed by atoms with Crippen LogP contribution in [0.3, 0.4) is 0 Å². The summed E-state index contributed by atoms with van der Waals surface area (Å²) in [6.07, 6.45) is 0. The molecule has 0 saturated carbocycles. The number of hydrogen-bond donors (Lipinski definition) is 0. The molecule has 9 heteroatoms. The van der Waals surface area contributed by atoms with Gasteiger partial charge in [0.1, 0.15) is 0 Å². The Morgan fingerprint density at radius 3 is 1.38 bits per heavy atom. The first-order valence-corrected chi connectivity index (χ1v) is 33.3. The van der Waals surface area contributed by atoms with Gasteiger partial charge in [-0.3, -0.25) is 10.1 Å². The summed E-state index contributed by atoms with van der Waals surface area (Å²) in [5.74, 6) is 0. The summed E-state index contributed by atoms with van der Waals surface area (Å²) in [6, 6.07) is 39.9. The van der Waals surface area contributed by atoms with Crippen LogP contribution < -0.4 is 0 Å². The molecule has 0 saturated heterocycles. The van der Waals surface area contributed by atoms with E-state index < -0.39 is 0 Å².